The van der Waals surface area contributed by atoms with Crippen molar-refractivity contribution in [1.29, 1.82) is 0 Å². The molecule has 1 heterocycles. The summed E-state index contributed by atoms with van der Waals surface area (Å²) in [4.78, 5) is 2.47. The van der Waals surface area contributed by atoms with Gasteiger partial charge in [-0.3, -0.25) is 0 Å². The number of anilines is 1. The van der Waals surface area contributed by atoms with Gasteiger partial charge in [-0.05, 0) is 30.9 Å². The fourth-order valence-electron chi connectivity index (χ4n) is 2.45. The van der Waals surface area contributed by atoms with E-state index in [0.717, 1.165) is 23.5 Å². The Balaban J connectivity index is 2.28. The standard InChI is InChI=1S/C13H19BrN2/c1-10-4-3-7-16(9-10)13-6-2-5-12(14)11(13)8-15/h2,5-6,10H,3-4,7-9,15H2,1H3. The molecular formula is C13H19BrN2. The van der Waals surface area contributed by atoms with E-state index >= 15 is 0 Å². The Bertz CT molecular complexity index is 365. The topological polar surface area (TPSA) is 29.3 Å². The highest BCUT2D eigenvalue weighted by molar-refractivity contribution is 9.10. The molecule has 1 aliphatic rings. The molecule has 0 amide bonds. The molecule has 0 spiro atoms. The average molecular weight is 283 g/mol. The molecule has 1 aromatic rings. The van der Waals surface area contributed by atoms with Crippen molar-refractivity contribution in [2.24, 2.45) is 11.7 Å². The van der Waals surface area contributed by atoms with Crippen LogP contribution in [0.2, 0.25) is 0 Å². The van der Waals surface area contributed by atoms with E-state index in [4.69, 9.17) is 5.73 Å². The molecule has 1 unspecified atom stereocenters. The summed E-state index contributed by atoms with van der Waals surface area (Å²) in [6, 6.07) is 6.35. The van der Waals surface area contributed by atoms with E-state index in [0.29, 0.717) is 6.54 Å². The second-order valence-electron chi connectivity index (χ2n) is 4.64. The van der Waals surface area contributed by atoms with Crippen LogP contribution in [0.4, 0.5) is 5.69 Å². The summed E-state index contributed by atoms with van der Waals surface area (Å²) in [5.41, 5.74) is 8.38. The van der Waals surface area contributed by atoms with Crippen molar-refractivity contribution in [2.45, 2.75) is 26.3 Å². The summed E-state index contributed by atoms with van der Waals surface area (Å²) in [5.74, 6) is 0.790. The van der Waals surface area contributed by atoms with Gasteiger partial charge in [-0.2, -0.15) is 0 Å². The summed E-state index contributed by atoms with van der Waals surface area (Å²) in [7, 11) is 0. The molecule has 0 radical (unpaired) electrons. The summed E-state index contributed by atoms with van der Waals surface area (Å²) >= 11 is 3.58. The molecule has 1 aliphatic heterocycles. The van der Waals surface area contributed by atoms with E-state index in [1.807, 2.05) is 0 Å². The van der Waals surface area contributed by atoms with Gasteiger partial charge in [-0.15, -0.1) is 0 Å². The minimum Gasteiger partial charge on any atom is -0.371 e. The highest BCUT2D eigenvalue weighted by Gasteiger charge is 2.19. The van der Waals surface area contributed by atoms with Crippen LogP contribution in [-0.2, 0) is 6.54 Å². The number of halogens is 1. The van der Waals surface area contributed by atoms with E-state index in [-0.39, 0.29) is 0 Å². The minimum absolute atomic E-state index is 0.599. The van der Waals surface area contributed by atoms with Crippen LogP contribution < -0.4 is 10.6 Å². The molecule has 2 rings (SSSR count). The van der Waals surface area contributed by atoms with Crippen molar-refractivity contribution < 1.29 is 0 Å². The van der Waals surface area contributed by atoms with Gasteiger partial charge in [0.1, 0.15) is 0 Å². The average Bonchev–Trinajstić information content (AvgIpc) is 2.28. The monoisotopic (exact) mass is 282 g/mol. The fourth-order valence-corrected chi connectivity index (χ4v) is 2.97. The largest absolute Gasteiger partial charge is 0.371 e. The lowest BCUT2D eigenvalue weighted by Gasteiger charge is -2.34. The van der Waals surface area contributed by atoms with Gasteiger partial charge in [0.05, 0.1) is 0 Å². The molecule has 1 aromatic carbocycles. The Hall–Kier alpha value is -0.540. The highest BCUT2D eigenvalue weighted by Crippen LogP contribution is 2.30. The molecule has 2 N–H and O–H groups in total. The minimum atomic E-state index is 0.599. The van der Waals surface area contributed by atoms with Crippen LogP contribution in [0.5, 0.6) is 0 Å². The van der Waals surface area contributed by atoms with Crippen molar-refractivity contribution in [3.8, 4) is 0 Å². The first-order valence-electron chi connectivity index (χ1n) is 5.94. The highest BCUT2D eigenvalue weighted by atomic mass is 79.9. The van der Waals surface area contributed by atoms with Crippen LogP contribution in [0.3, 0.4) is 0 Å². The first-order valence-corrected chi connectivity index (χ1v) is 6.74. The van der Waals surface area contributed by atoms with Crippen LogP contribution in [0, 0.1) is 5.92 Å². The van der Waals surface area contributed by atoms with E-state index in [9.17, 15) is 0 Å². The second kappa shape index (κ2) is 5.19. The van der Waals surface area contributed by atoms with Gasteiger partial charge in [-0.25, -0.2) is 0 Å². The molecule has 1 atom stereocenters. The van der Waals surface area contributed by atoms with Gasteiger partial charge in [0, 0.05) is 35.4 Å². The summed E-state index contributed by atoms with van der Waals surface area (Å²) in [6.07, 6.45) is 2.64. The maximum atomic E-state index is 5.84. The Morgan fingerprint density at radius 3 is 3.00 bits per heavy atom. The second-order valence-corrected chi connectivity index (χ2v) is 5.49. The third-order valence-corrected chi connectivity index (χ3v) is 4.04. The molecule has 3 heteroatoms. The van der Waals surface area contributed by atoms with Crippen molar-refractivity contribution in [3.63, 3.8) is 0 Å². The molecular weight excluding hydrogens is 264 g/mol. The Morgan fingerprint density at radius 2 is 2.31 bits per heavy atom. The smallest absolute Gasteiger partial charge is 0.0423 e. The van der Waals surface area contributed by atoms with Crippen molar-refractivity contribution in [1.82, 2.24) is 0 Å². The van der Waals surface area contributed by atoms with Crippen LogP contribution in [-0.4, -0.2) is 13.1 Å². The lowest BCUT2D eigenvalue weighted by molar-refractivity contribution is 0.446. The van der Waals surface area contributed by atoms with Crippen molar-refractivity contribution >= 4 is 21.6 Å². The molecule has 16 heavy (non-hydrogen) atoms. The molecule has 0 saturated carbocycles. The van der Waals surface area contributed by atoms with Crippen LogP contribution >= 0.6 is 15.9 Å². The van der Waals surface area contributed by atoms with E-state index in [1.165, 1.54) is 24.1 Å². The van der Waals surface area contributed by atoms with Crippen molar-refractivity contribution in [3.05, 3.63) is 28.2 Å². The zero-order valence-electron chi connectivity index (χ0n) is 9.75. The SMILES string of the molecule is CC1CCCN(c2cccc(Br)c2CN)C1. The number of piperidine rings is 1. The molecule has 1 fully saturated rings. The van der Waals surface area contributed by atoms with Gasteiger partial charge >= 0.3 is 0 Å². The van der Waals surface area contributed by atoms with Gasteiger partial charge in [0.2, 0.25) is 0 Å². The number of benzene rings is 1. The first-order chi connectivity index (χ1) is 7.72. The van der Waals surface area contributed by atoms with E-state index in [2.05, 4.69) is 46.0 Å². The van der Waals surface area contributed by atoms with Crippen LogP contribution in [0.25, 0.3) is 0 Å². The number of nitrogens with zero attached hydrogens (tertiary/aromatic N) is 1. The summed E-state index contributed by atoms with van der Waals surface area (Å²) in [5, 5.41) is 0. The normalized spacial score (nSPS) is 21.2. The lowest BCUT2D eigenvalue weighted by atomic mass is 9.99. The number of hydrogen-bond acceptors (Lipinski definition) is 2. The number of hydrogen-bond donors (Lipinski definition) is 1. The molecule has 88 valence electrons. The maximum Gasteiger partial charge on any atom is 0.0423 e. The molecule has 2 nitrogen and oxygen atoms in total. The van der Waals surface area contributed by atoms with Gasteiger partial charge in [0.15, 0.2) is 0 Å². The van der Waals surface area contributed by atoms with Crippen molar-refractivity contribution in [2.75, 3.05) is 18.0 Å². The zero-order chi connectivity index (χ0) is 11.5. The quantitative estimate of drug-likeness (QED) is 0.903. The Morgan fingerprint density at radius 1 is 1.50 bits per heavy atom. The predicted octanol–water partition coefficient (Wildman–Crippen LogP) is 3.14. The molecule has 1 saturated heterocycles. The Labute approximate surface area is 106 Å². The van der Waals surface area contributed by atoms with Crippen LogP contribution in [0.1, 0.15) is 25.3 Å². The number of nitrogens with two attached hydrogens (primary N) is 1. The first kappa shape index (κ1) is 11.9. The van der Waals surface area contributed by atoms with Gasteiger partial charge in [-0.1, -0.05) is 28.9 Å². The number of rotatable bonds is 2. The molecule has 0 aliphatic carbocycles. The molecule has 0 bridgehead atoms. The lowest BCUT2D eigenvalue weighted by Crippen LogP contribution is -2.35. The molecule has 0 aromatic heterocycles. The van der Waals surface area contributed by atoms with Gasteiger partial charge in [0.25, 0.3) is 0 Å². The van der Waals surface area contributed by atoms with Crippen LogP contribution in [0.15, 0.2) is 22.7 Å². The zero-order valence-corrected chi connectivity index (χ0v) is 11.3. The van der Waals surface area contributed by atoms with E-state index < -0.39 is 0 Å². The van der Waals surface area contributed by atoms with E-state index in [1.54, 1.807) is 0 Å². The summed E-state index contributed by atoms with van der Waals surface area (Å²) < 4.78 is 1.13. The Kier molecular flexibility index (Phi) is 3.87. The van der Waals surface area contributed by atoms with Gasteiger partial charge < -0.3 is 10.6 Å². The third-order valence-electron chi connectivity index (χ3n) is 3.30. The maximum absolute atomic E-state index is 5.84. The fraction of sp³-hybridized carbons (Fsp3) is 0.538. The summed E-state index contributed by atoms with van der Waals surface area (Å²) in [6.45, 7) is 5.24. The third kappa shape index (κ3) is 2.41. The predicted molar refractivity (Wildman–Crippen MR) is 72.6 cm³/mol.